The van der Waals surface area contributed by atoms with Crippen molar-refractivity contribution < 1.29 is 9.90 Å². The van der Waals surface area contributed by atoms with Crippen LogP contribution in [0.15, 0.2) is 48.8 Å². The maximum Gasteiger partial charge on any atom is 0.255 e. The lowest BCUT2D eigenvalue weighted by Crippen LogP contribution is -2.40. The monoisotopic (exact) mass is 336 g/mol. The number of fused-ring (bicyclic) bond motifs is 1. The van der Waals surface area contributed by atoms with E-state index in [2.05, 4.69) is 22.2 Å². The Morgan fingerprint density at radius 3 is 2.68 bits per heavy atom. The van der Waals surface area contributed by atoms with E-state index in [0.717, 1.165) is 16.6 Å². The van der Waals surface area contributed by atoms with Crippen LogP contribution in [0.2, 0.25) is 0 Å². The minimum absolute atomic E-state index is 0.0305. The molecule has 6 nitrogen and oxygen atoms in total. The topological polar surface area (TPSA) is 71.2 Å². The van der Waals surface area contributed by atoms with Crippen LogP contribution < -0.4 is 0 Å². The predicted octanol–water partition coefficient (Wildman–Crippen LogP) is 2.08. The number of pyridine rings is 1. The van der Waals surface area contributed by atoms with Gasteiger partial charge in [0, 0.05) is 24.7 Å². The van der Waals surface area contributed by atoms with E-state index in [4.69, 9.17) is 0 Å². The molecule has 4 rings (SSSR count). The second kappa shape index (κ2) is 6.64. The van der Waals surface area contributed by atoms with Crippen LogP contribution in [-0.4, -0.2) is 49.9 Å². The van der Waals surface area contributed by atoms with Crippen LogP contribution in [0.5, 0.6) is 0 Å². The lowest BCUT2D eigenvalue weighted by atomic mass is 10.1. The van der Waals surface area contributed by atoms with Gasteiger partial charge in [0.05, 0.1) is 24.4 Å². The van der Waals surface area contributed by atoms with E-state index in [-0.39, 0.29) is 12.0 Å². The van der Waals surface area contributed by atoms with Gasteiger partial charge in [-0.3, -0.25) is 4.79 Å². The summed E-state index contributed by atoms with van der Waals surface area (Å²) >= 11 is 0. The van der Waals surface area contributed by atoms with E-state index < -0.39 is 0 Å². The van der Waals surface area contributed by atoms with Crippen molar-refractivity contribution in [2.45, 2.75) is 25.5 Å². The van der Waals surface area contributed by atoms with Gasteiger partial charge >= 0.3 is 0 Å². The Labute approximate surface area is 145 Å². The van der Waals surface area contributed by atoms with Crippen LogP contribution in [-0.2, 0) is 6.54 Å². The summed E-state index contributed by atoms with van der Waals surface area (Å²) in [5.41, 5.74) is 2.50. The summed E-state index contributed by atoms with van der Waals surface area (Å²) in [6.07, 6.45) is 4.36. The average Bonchev–Trinajstić information content (AvgIpc) is 3.05. The van der Waals surface area contributed by atoms with Gasteiger partial charge in [-0.25, -0.2) is 9.67 Å². The SMILES string of the molecule is O=C(c1cnc2c(cnn2Cc2ccccc2)c1)N1CCC(O)CC1. The van der Waals surface area contributed by atoms with Gasteiger partial charge < -0.3 is 10.0 Å². The van der Waals surface area contributed by atoms with Crippen molar-refractivity contribution in [3.63, 3.8) is 0 Å². The lowest BCUT2D eigenvalue weighted by Gasteiger charge is -2.29. The van der Waals surface area contributed by atoms with E-state index in [1.807, 2.05) is 28.9 Å². The number of amides is 1. The average molecular weight is 336 g/mol. The van der Waals surface area contributed by atoms with Crippen molar-refractivity contribution in [2.24, 2.45) is 0 Å². The molecule has 0 aliphatic carbocycles. The van der Waals surface area contributed by atoms with E-state index in [1.54, 1.807) is 17.3 Å². The first kappa shape index (κ1) is 15.8. The number of hydrogen-bond donors (Lipinski definition) is 1. The molecule has 0 saturated carbocycles. The molecule has 1 aliphatic rings. The Kier molecular flexibility index (Phi) is 4.19. The number of nitrogens with zero attached hydrogens (tertiary/aromatic N) is 4. The smallest absolute Gasteiger partial charge is 0.255 e. The zero-order valence-corrected chi connectivity index (χ0v) is 13.9. The highest BCUT2D eigenvalue weighted by Crippen LogP contribution is 2.18. The van der Waals surface area contributed by atoms with Crippen LogP contribution in [0.1, 0.15) is 28.8 Å². The standard InChI is InChI=1S/C19H20N4O2/c24-17-6-8-22(9-7-17)19(25)16-10-15-12-21-23(18(15)20-11-16)13-14-4-2-1-3-5-14/h1-5,10-12,17,24H,6-9,13H2. The zero-order valence-electron chi connectivity index (χ0n) is 13.9. The summed E-state index contributed by atoms with van der Waals surface area (Å²) in [4.78, 5) is 18.9. The molecule has 25 heavy (non-hydrogen) atoms. The zero-order chi connectivity index (χ0) is 17.2. The quantitative estimate of drug-likeness (QED) is 0.795. The fraction of sp³-hybridized carbons (Fsp3) is 0.316. The summed E-state index contributed by atoms with van der Waals surface area (Å²) in [6, 6.07) is 11.9. The largest absolute Gasteiger partial charge is 0.393 e. The molecule has 1 fully saturated rings. The Balaban J connectivity index is 1.56. The maximum absolute atomic E-state index is 12.6. The molecule has 1 amide bonds. The summed E-state index contributed by atoms with van der Waals surface area (Å²) in [6.45, 7) is 1.82. The molecule has 0 bridgehead atoms. The van der Waals surface area contributed by atoms with Gasteiger partial charge in [0.15, 0.2) is 5.65 Å². The molecule has 1 saturated heterocycles. The minimum atomic E-state index is -0.291. The second-order valence-electron chi connectivity index (χ2n) is 6.45. The molecular formula is C19H20N4O2. The number of piperidine rings is 1. The highest BCUT2D eigenvalue weighted by molar-refractivity contribution is 5.96. The molecule has 0 spiro atoms. The van der Waals surface area contributed by atoms with E-state index in [1.165, 1.54) is 0 Å². The van der Waals surface area contributed by atoms with Crippen molar-refractivity contribution in [3.05, 3.63) is 59.9 Å². The summed E-state index contributed by atoms with van der Waals surface area (Å²) in [5, 5.41) is 14.9. The number of carbonyl (C=O) groups excluding carboxylic acids is 1. The van der Waals surface area contributed by atoms with Crippen LogP contribution in [0.25, 0.3) is 11.0 Å². The van der Waals surface area contributed by atoms with Crippen LogP contribution >= 0.6 is 0 Å². The third kappa shape index (κ3) is 3.25. The van der Waals surface area contributed by atoms with Crippen molar-refractivity contribution in [1.82, 2.24) is 19.7 Å². The predicted molar refractivity (Wildman–Crippen MR) is 94.2 cm³/mol. The number of benzene rings is 1. The number of rotatable bonds is 3. The first-order valence-electron chi connectivity index (χ1n) is 8.53. The fourth-order valence-electron chi connectivity index (χ4n) is 3.21. The first-order valence-corrected chi connectivity index (χ1v) is 8.53. The highest BCUT2D eigenvalue weighted by Gasteiger charge is 2.23. The van der Waals surface area contributed by atoms with Crippen molar-refractivity contribution in [1.29, 1.82) is 0 Å². The van der Waals surface area contributed by atoms with Crippen molar-refractivity contribution in [2.75, 3.05) is 13.1 Å². The number of carbonyl (C=O) groups is 1. The summed E-state index contributed by atoms with van der Waals surface area (Å²) < 4.78 is 1.84. The normalized spacial score (nSPS) is 15.6. The molecular weight excluding hydrogens is 316 g/mol. The molecule has 0 unspecified atom stereocenters. The van der Waals surface area contributed by atoms with Gasteiger partial charge in [0.1, 0.15) is 0 Å². The third-order valence-electron chi connectivity index (χ3n) is 4.65. The Bertz CT molecular complexity index is 883. The van der Waals surface area contributed by atoms with Gasteiger partial charge in [-0.15, -0.1) is 0 Å². The number of aliphatic hydroxyl groups excluding tert-OH is 1. The van der Waals surface area contributed by atoms with Crippen molar-refractivity contribution in [3.8, 4) is 0 Å². The molecule has 2 aromatic heterocycles. The number of aliphatic hydroxyl groups is 1. The van der Waals surface area contributed by atoms with E-state index in [9.17, 15) is 9.90 Å². The molecule has 1 aromatic carbocycles. The number of likely N-dealkylation sites (tertiary alicyclic amines) is 1. The van der Waals surface area contributed by atoms with Gasteiger partial charge in [-0.2, -0.15) is 5.10 Å². The molecule has 6 heteroatoms. The summed E-state index contributed by atoms with van der Waals surface area (Å²) in [7, 11) is 0. The molecule has 3 aromatic rings. The van der Waals surface area contributed by atoms with Crippen LogP contribution in [0.4, 0.5) is 0 Å². The van der Waals surface area contributed by atoms with Gasteiger partial charge in [-0.1, -0.05) is 30.3 Å². The molecule has 0 radical (unpaired) electrons. The second-order valence-corrected chi connectivity index (χ2v) is 6.45. The lowest BCUT2D eigenvalue weighted by molar-refractivity contribution is 0.0546. The minimum Gasteiger partial charge on any atom is -0.393 e. The van der Waals surface area contributed by atoms with Crippen LogP contribution in [0, 0.1) is 0 Å². The Hall–Kier alpha value is -2.73. The Morgan fingerprint density at radius 1 is 1.16 bits per heavy atom. The third-order valence-corrected chi connectivity index (χ3v) is 4.65. The molecule has 128 valence electrons. The summed E-state index contributed by atoms with van der Waals surface area (Å²) in [5.74, 6) is -0.0305. The van der Waals surface area contributed by atoms with E-state index >= 15 is 0 Å². The maximum atomic E-state index is 12.6. The van der Waals surface area contributed by atoms with Gasteiger partial charge in [0.25, 0.3) is 5.91 Å². The molecule has 0 atom stereocenters. The van der Waals surface area contributed by atoms with E-state index in [0.29, 0.717) is 38.0 Å². The number of aromatic nitrogens is 3. The van der Waals surface area contributed by atoms with Gasteiger partial charge in [-0.05, 0) is 24.5 Å². The Morgan fingerprint density at radius 2 is 1.92 bits per heavy atom. The molecule has 3 heterocycles. The van der Waals surface area contributed by atoms with Gasteiger partial charge in [0.2, 0.25) is 0 Å². The van der Waals surface area contributed by atoms with Crippen LogP contribution in [0.3, 0.4) is 0 Å². The molecule has 1 N–H and O–H groups in total. The van der Waals surface area contributed by atoms with Crippen molar-refractivity contribution >= 4 is 16.9 Å². The first-order chi connectivity index (χ1) is 12.2. The molecule has 1 aliphatic heterocycles. The number of hydrogen-bond acceptors (Lipinski definition) is 4. The highest BCUT2D eigenvalue weighted by atomic mass is 16.3. The fourth-order valence-corrected chi connectivity index (χ4v) is 3.21.